The number of ether oxygens (including phenoxy) is 1. The fourth-order valence-corrected chi connectivity index (χ4v) is 2.22. The SMILES string of the molecule is COC(=O)Cc1nc(Br)cc(C(F)F)c1I. The second kappa shape index (κ2) is 5.85. The standard InChI is InChI=1S/C9H7BrF2INO2/c1-16-7(15)3-5-8(13)4(9(11)12)2-6(10)14-5/h2,9H,3H2,1H3. The second-order valence-corrected chi connectivity index (χ2v) is 4.74. The molecule has 3 nitrogen and oxygen atoms in total. The van der Waals surface area contributed by atoms with Crippen LogP contribution >= 0.6 is 38.5 Å². The zero-order valence-corrected chi connectivity index (χ0v) is 11.9. The van der Waals surface area contributed by atoms with Gasteiger partial charge in [0.1, 0.15) is 4.60 Å². The normalized spacial score (nSPS) is 10.6. The predicted octanol–water partition coefficient (Wildman–Crippen LogP) is 3.10. The van der Waals surface area contributed by atoms with Crippen LogP contribution in [0.2, 0.25) is 0 Å². The molecule has 0 fully saturated rings. The number of hydrogen-bond donors (Lipinski definition) is 0. The number of rotatable bonds is 3. The van der Waals surface area contributed by atoms with E-state index in [2.05, 4.69) is 25.7 Å². The van der Waals surface area contributed by atoms with Crippen molar-refractivity contribution >= 4 is 44.5 Å². The third kappa shape index (κ3) is 3.34. The molecule has 0 aliphatic heterocycles. The summed E-state index contributed by atoms with van der Waals surface area (Å²) >= 11 is 4.78. The Morgan fingerprint density at radius 3 is 2.81 bits per heavy atom. The largest absolute Gasteiger partial charge is 0.469 e. The Hall–Kier alpha value is -0.310. The third-order valence-corrected chi connectivity index (χ3v) is 3.45. The van der Waals surface area contributed by atoms with E-state index in [0.29, 0.717) is 3.57 Å². The molecule has 0 unspecified atom stereocenters. The summed E-state index contributed by atoms with van der Waals surface area (Å²) in [5.41, 5.74) is 0.151. The lowest BCUT2D eigenvalue weighted by atomic mass is 10.2. The van der Waals surface area contributed by atoms with E-state index in [1.807, 2.05) is 0 Å². The molecular weight excluding hydrogens is 399 g/mol. The summed E-state index contributed by atoms with van der Waals surface area (Å²) in [4.78, 5) is 15.0. The molecule has 16 heavy (non-hydrogen) atoms. The van der Waals surface area contributed by atoms with Crippen molar-refractivity contribution < 1.29 is 18.3 Å². The molecule has 0 saturated heterocycles. The van der Waals surface area contributed by atoms with Crippen molar-refractivity contribution in [2.24, 2.45) is 0 Å². The van der Waals surface area contributed by atoms with Crippen molar-refractivity contribution in [1.82, 2.24) is 4.98 Å². The number of hydrogen-bond acceptors (Lipinski definition) is 3. The molecule has 1 heterocycles. The molecular formula is C9H7BrF2INO2. The molecule has 88 valence electrons. The van der Waals surface area contributed by atoms with Crippen molar-refractivity contribution in [3.8, 4) is 0 Å². The molecule has 0 spiro atoms. The summed E-state index contributed by atoms with van der Waals surface area (Å²) in [6.07, 6.45) is -2.71. The molecule has 0 bridgehead atoms. The molecule has 0 N–H and O–H groups in total. The third-order valence-electron chi connectivity index (χ3n) is 1.80. The van der Waals surface area contributed by atoms with E-state index in [1.54, 1.807) is 22.6 Å². The van der Waals surface area contributed by atoms with Gasteiger partial charge in [0.25, 0.3) is 6.43 Å². The van der Waals surface area contributed by atoms with Gasteiger partial charge in [0, 0.05) is 9.13 Å². The molecule has 1 rings (SSSR count). The highest BCUT2D eigenvalue weighted by Crippen LogP contribution is 2.28. The van der Waals surface area contributed by atoms with E-state index in [4.69, 9.17) is 0 Å². The fraction of sp³-hybridized carbons (Fsp3) is 0.333. The average Bonchev–Trinajstić information content (AvgIpc) is 2.22. The lowest BCUT2D eigenvalue weighted by Crippen LogP contribution is -2.09. The Bertz CT molecular complexity index is 415. The summed E-state index contributed by atoms with van der Waals surface area (Å²) in [5, 5.41) is 0. The van der Waals surface area contributed by atoms with Gasteiger partial charge in [-0.05, 0) is 44.6 Å². The zero-order chi connectivity index (χ0) is 12.3. The molecule has 0 aromatic carbocycles. The molecule has 0 amide bonds. The Labute approximate surface area is 113 Å². The molecule has 0 saturated carbocycles. The van der Waals surface area contributed by atoms with E-state index < -0.39 is 12.4 Å². The van der Waals surface area contributed by atoms with E-state index in [9.17, 15) is 13.6 Å². The number of aromatic nitrogens is 1. The molecule has 0 aliphatic carbocycles. The number of pyridine rings is 1. The topological polar surface area (TPSA) is 39.2 Å². The first kappa shape index (κ1) is 13.8. The van der Waals surface area contributed by atoms with E-state index in [1.165, 1.54) is 13.2 Å². The lowest BCUT2D eigenvalue weighted by molar-refractivity contribution is -0.139. The molecule has 0 atom stereocenters. The van der Waals surface area contributed by atoms with Crippen LogP contribution in [0.25, 0.3) is 0 Å². The first-order chi connectivity index (χ1) is 7.45. The monoisotopic (exact) mass is 405 g/mol. The summed E-state index contributed by atoms with van der Waals surface area (Å²) in [6.45, 7) is 0. The van der Waals surface area contributed by atoms with E-state index >= 15 is 0 Å². The first-order valence-corrected chi connectivity index (χ1v) is 6.02. The lowest BCUT2D eigenvalue weighted by Gasteiger charge is -2.08. The Balaban J connectivity index is 3.14. The molecule has 0 radical (unpaired) electrons. The average molecular weight is 406 g/mol. The number of carbonyl (C=O) groups is 1. The van der Waals surface area contributed by atoms with Crippen LogP contribution in [0.15, 0.2) is 10.7 Å². The Kier molecular flexibility index (Phi) is 5.03. The van der Waals surface area contributed by atoms with Crippen molar-refractivity contribution in [1.29, 1.82) is 0 Å². The number of nitrogens with zero attached hydrogens (tertiary/aromatic N) is 1. The van der Waals surface area contributed by atoms with Crippen molar-refractivity contribution in [2.45, 2.75) is 12.8 Å². The predicted molar refractivity (Wildman–Crippen MR) is 65.3 cm³/mol. The first-order valence-electron chi connectivity index (χ1n) is 4.15. The van der Waals surface area contributed by atoms with Crippen LogP contribution in [0.5, 0.6) is 0 Å². The molecule has 7 heteroatoms. The van der Waals surface area contributed by atoms with Crippen LogP contribution in [0, 0.1) is 3.57 Å². The van der Waals surface area contributed by atoms with Gasteiger partial charge in [-0.2, -0.15) is 0 Å². The molecule has 0 aliphatic rings. The maximum Gasteiger partial charge on any atom is 0.311 e. The molecule has 1 aromatic heterocycles. The summed E-state index contributed by atoms with van der Waals surface area (Å²) in [6, 6.07) is 1.24. The summed E-state index contributed by atoms with van der Waals surface area (Å²) in [7, 11) is 1.24. The van der Waals surface area contributed by atoms with Crippen LogP contribution in [-0.2, 0) is 16.0 Å². The number of halogens is 4. The van der Waals surface area contributed by atoms with Gasteiger partial charge in [0.05, 0.1) is 19.2 Å². The smallest absolute Gasteiger partial charge is 0.311 e. The van der Waals surface area contributed by atoms with Crippen LogP contribution in [-0.4, -0.2) is 18.1 Å². The second-order valence-electron chi connectivity index (χ2n) is 2.85. The maximum atomic E-state index is 12.6. The van der Waals surface area contributed by atoms with Gasteiger partial charge < -0.3 is 4.74 Å². The van der Waals surface area contributed by atoms with Gasteiger partial charge in [0.15, 0.2) is 0 Å². The minimum atomic E-state index is -2.59. The fourth-order valence-electron chi connectivity index (χ4n) is 1.05. The van der Waals surface area contributed by atoms with Gasteiger partial charge >= 0.3 is 5.97 Å². The van der Waals surface area contributed by atoms with Crippen LogP contribution < -0.4 is 0 Å². The van der Waals surface area contributed by atoms with Gasteiger partial charge in [0.2, 0.25) is 0 Å². The van der Waals surface area contributed by atoms with Crippen LogP contribution in [0.4, 0.5) is 8.78 Å². The highest BCUT2D eigenvalue weighted by atomic mass is 127. The van der Waals surface area contributed by atoms with Crippen LogP contribution in [0.3, 0.4) is 0 Å². The van der Waals surface area contributed by atoms with E-state index in [-0.39, 0.29) is 22.3 Å². The Morgan fingerprint density at radius 2 is 2.31 bits per heavy atom. The number of carbonyl (C=O) groups excluding carboxylic acids is 1. The van der Waals surface area contributed by atoms with Gasteiger partial charge in [-0.3, -0.25) is 4.79 Å². The van der Waals surface area contributed by atoms with Gasteiger partial charge in [-0.15, -0.1) is 0 Å². The van der Waals surface area contributed by atoms with Crippen molar-refractivity contribution in [3.63, 3.8) is 0 Å². The minimum absolute atomic E-state index is 0.117. The zero-order valence-electron chi connectivity index (χ0n) is 8.14. The maximum absolute atomic E-state index is 12.6. The highest BCUT2D eigenvalue weighted by Gasteiger charge is 2.18. The Morgan fingerprint density at radius 1 is 1.69 bits per heavy atom. The van der Waals surface area contributed by atoms with E-state index in [0.717, 1.165) is 0 Å². The number of esters is 1. The summed E-state index contributed by atoms with van der Waals surface area (Å²) < 4.78 is 30.3. The van der Waals surface area contributed by atoms with Crippen LogP contribution in [0.1, 0.15) is 17.7 Å². The number of alkyl halides is 2. The summed E-state index contributed by atoms with van der Waals surface area (Å²) in [5.74, 6) is -0.510. The van der Waals surface area contributed by atoms with Gasteiger partial charge in [-0.1, -0.05) is 0 Å². The van der Waals surface area contributed by atoms with Gasteiger partial charge in [-0.25, -0.2) is 13.8 Å². The van der Waals surface area contributed by atoms with Crippen molar-refractivity contribution in [3.05, 3.63) is 25.5 Å². The number of methoxy groups -OCH3 is 1. The quantitative estimate of drug-likeness (QED) is 0.440. The van der Waals surface area contributed by atoms with Crippen molar-refractivity contribution in [2.75, 3.05) is 7.11 Å². The minimum Gasteiger partial charge on any atom is -0.469 e. The molecule has 1 aromatic rings. The highest BCUT2D eigenvalue weighted by molar-refractivity contribution is 14.1.